The predicted octanol–water partition coefficient (Wildman–Crippen LogP) is 4.33. The van der Waals surface area contributed by atoms with Crippen LogP contribution in [0.25, 0.3) is 10.4 Å². The fraction of sp³-hybridized carbons (Fsp3) is 0.667. The number of hydrogen-bond acceptors (Lipinski definition) is 5. The minimum Gasteiger partial charge on any atom is -0.493 e. The van der Waals surface area contributed by atoms with Crippen molar-refractivity contribution >= 4 is 5.69 Å². The van der Waals surface area contributed by atoms with Crippen molar-refractivity contribution in [3.63, 3.8) is 0 Å². The van der Waals surface area contributed by atoms with Gasteiger partial charge in [-0.15, -0.1) is 0 Å². The summed E-state index contributed by atoms with van der Waals surface area (Å²) in [7, 11) is 0. The summed E-state index contributed by atoms with van der Waals surface area (Å²) in [5, 5.41) is 3.46. The first kappa shape index (κ1) is 21.1. The van der Waals surface area contributed by atoms with E-state index in [1.807, 2.05) is 38.1 Å². The molecule has 140 valence electrons. The molecule has 7 nitrogen and oxygen atoms in total. The summed E-state index contributed by atoms with van der Waals surface area (Å²) in [5.74, 6) is 0.805. The maximum atomic E-state index is 8.25. The quantitative estimate of drug-likeness (QED) is 0.199. The molecule has 0 bridgehead atoms. The summed E-state index contributed by atoms with van der Waals surface area (Å²) >= 11 is 0. The first-order chi connectivity index (χ1) is 11.7. The standard InChI is InChI=1S/C18H30N4O3/c1-17(2,9-12-23-16-7-5-15(19)6-8-16)24-13-10-18(3,4)25-14-11-21-22-20/h5-8H,9-14,19H2,1-4H3. The van der Waals surface area contributed by atoms with Gasteiger partial charge in [0.2, 0.25) is 0 Å². The molecule has 7 heteroatoms. The Kier molecular flexibility index (Phi) is 8.55. The molecule has 0 aromatic heterocycles. The summed E-state index contributed by atoms with van der Waals surface area (Å²) in [6, 6.07) is 7.36. The van der Waals surface area contributed by atoms with Crippen LogP contribution < -0.4 is 10.5 Å². The van der Waals surface area contributed by atoms with E-state index in [0.717, 1.165) is 24.3 Å². The third kappa shape index (κ3) is 9.82. The number of hydrogen-bond donors (Lipinski definition) is 1. The van der Waals surface area contributed by atoms with Gasteiger partial charge in [-0.3, -0.25) is 0 Å². The van der Waals surface area contributed by atoms with E-state index in [4.69, 9.17) is 25.5 Å². The van der Waals surface area contributed by atoms with Crippen LogP contribution in [0.3, 0.4) is 0 Å². The minimum atomic E-state index is -0.318. The van der Waals surface area contributed by atoms with Gasteiger partial charge in [-0.1, -0.05) is 5.11 Å². The normalized spacial score (nSPS) is 11.8. The van der Waals surface area contributed by atoms with E-state index in [0.29, 0.717) is 26.4 Å². The molecule has 1 aromatic carbocycles. The summed E-state index contributed by atoms with van der Waals surface area (Å²) < 4.78 is 17.4. The molecule has 25 heavy (non-hydrogen) atoms. The number of ether oxygens (including phenoxy) is 3. The second-order valence-corrected chi connectivity index (χ2v) is 7.09. The summed E-state index contributed by atoms with van der Waals surface area (Å²) in [6.07, 6.45) is 1.53. The molecule has 0 saturated carbocycles. The van der Waals surface area contributed by atoms with Gasteiger partial charge in [0.15, 0.2) is 0 Å². The number of nitrogens with zero attached hydrogens (tertiary/aromatic N) is 3. The van der Waals surface area contributed by atoms with Gasteiger partial charge in [0.05, 0.1) is 31.0 Å². The number of rotatable bonds is 12. The van der Waals surface area contributed by atoms with E-state index >= 15 is 0 Å². The van der Waals surface area contributed by atoms with Gasteiger partial charge in [0.25, 0.3) is 0 Å². The van der Waals surface area contributed by atoms with E-state index in [-0.39, 0.29) is 11.2 Å². The van der Waals surface area contributed by atoms with Crippen molar-refractivity contribution in [3.8, 4) is 5.75 Å². The molecule has 2 N–H and O–H groups in total. The van der Waals surface area contributed by atoms with Gasteiger partial charge in [0, 0.05) is 23.6 Å². The van der Waals surface area contributed by atoms with Crippen LogP contribution in [0.15, 0.2) is 29.4 Å². The zero-order valence-electron chi connectivity index (χ0n) is 15.7. The molecule has 0 radical (unpaired) electrons. The monoisotopic (exact) mass is 350 g/mol. The Balaban J connectivity index is 2.25. The molecule has 0 aliphatic carbocycles. The molecule has 0 heterocycles. The average Bonchev–Trinajstić information content (AvgIpc) is 2.53. The van der Waals surface area contributed by atoms with Crippen molar-refractivity contribution in [2.24, 2.45) is 5.11 Å². The third-order valence-corrected chi connectivity index (χ3v) is 3.80. The van der Waals surface area contributed by atoms with Crippen LogP contribution in [-0.2, 0) is 9.47 Å². The van der Waals surface area contributed by atoms with Crippen LogP contribution in [0, 0.1) is 0 Å². The zero-order valence-corrected chi connectivity index (χ0v) is 15.7. The fourth-order valence-electron chi connectivity index (χ4n) is 2.10. The molecule has 1 rings (SSSR count). The second kappa shape index (κ2) is 10.1. The molecule has 0 fully saturated rings. The van der Waals surface area contributed by atoms with Crippen LogP contribution >= 0.6 is 0 Å². The van der Waals surface area contributed by atoms with E-state index in [2.05, 4.69) is 23.9 Å². The van der Waals surface area contributed by atoms with E-state index in [1.165, 1.54) is 0 Å². The van der Waals surface area contributed by atoms with Crippen molar-refractivity contribution in [1.29, 1.82) is 0 Å². The summed E-state index contributed by atoms with van der Waals surface area (Å²) in [6.45, 7) is 10.0. The van der Waals surface area contributed by atoms with Gasteiger partial charge in [-0.25, -0.2) is 0 Å². The van der Waals surface area contributed by atoms with Gasteiger partial charge in [-0.05, 0) is 63.9 Å². The number of nitrogen functional groups attached to an aromatic ring is 1. The highest BCUT2D eigenvalue weighted by atomic mass is 16.5. The number of azide groups is 1. The van der Waals surface area contributed by atoms with Gasteiger partial charge < -0.3 is 19.9 Å². The summed E-state index contributed by atoms with van der Waals surface area (Å²) in [5.41, 5.74) is 14.0. The smallest absolute Gasteiger partial charge is 0.119 e. The largest absolute Gasteiger partial charge is 0.493 e. The van der Waals surface area contributed by atoms with Gasteiger partial charge >= 0.3 is 0 Å². The lowest BCUT2D eigenvalue weighted by Crippen LogP contribution is -2.32. The second-order valence-electron chi connectivity index (χ2n) is 7.09. The van der Waals surface area contributed by atoms with Crippen molar-refractivity contribution in [1.82, 2.24) is 0 Å². The molecule has 0 spiro atoms. The molecule has 0 aliphatic heterocycles. The van der Waals surface area contributed by atoms with Crippen LogP contribution in [0.4, 0.5) is 5.69 Å². The van der Waals surface area contributed by atoms with Crippen LogP contribution in [0.2, 0.25) is 0 Å². The Morgan fingerprint density at radius 1 is 0.960 bits per heavy atom. The maximum Gasteiger partial charge on any atom is 0.119 e. The maximum absolute atomic E-state index is 8.25. The number of nitrogens with two attached hydrogens (primary N) is 1. The Labute approximate surface area is 150 Å². The minimum absolute atomic E-state index is 0.283. The lowest BCUT2D eigenvalue weighted by molar-refractivity contribution is -0.0752. The number of benzene rings is 1. The molecule has 1 aromatic rings. The number of anilines is 1. The first-order valence-electron chi connectivity index (χ1n) is 8.51. The zero-order chi connectivity index (χ0) is 18.8. The topological polar surface area (TPSA) is 102 Å². The van der Waals surface area contributed by atoms with Crippen LogP contribution in [0.5, 0.6) is 5.75 Å². The highest BCUT2D eigenvalue weighted by Crippen LogP contribution is 2.20. The van der Waals surface area contributed by atoms with Gasteiger partial charge in [-0.2, -0.15) is 0 Å². The molecular formula is C18H30N4O3. The van der Waals surface area contributed by atoms with Crippen LogP contribution in [0.1, 0.15) is 40.5 Å². The Hall–Kier alpha value is -1.95. The third-order valence-electron chi connectivity index (χ3n) is 3.80. The Morgan fingerprint density at radius 3 is 2.12 bits per heavy atom. The highest BCUT2D eigenvalue weighted by Gasteiger charge is 2.22. The molecule has 0 unspecified atom stereocenters. The van der Waals surface area contributed by atoms with E-state index < -0.39 is 0 Å². The van der Waals surface area contributed by atoms with Crippen LogP contribution in [-0.4, -0.2) is 37.6 Å². The molecule has 0 atom stereocenters. The predicted molar refractivity (Wildman–Crippen MR) is 99.7 cm³/mol. The van der Waals surface area contributed by atoms with Gasteiger partial charge in [0.1, 0.15) is 5.75 Å². The van der Waals surface area contributed by atoms with E-state index in [9.17, 15) is 0 Å². The molecule has 0 amide bonds. The van der Waals surface area contributed by atoms with E-state index in [1.54, 1.807) is 0 Å². The molecule has 0 aliphatic rings. The lowest BCUT2D eigenvalue weighted by Gasteiger charge is -2.29. The Morgan fingerprint density at radius 2 is 1.52 bits per heavy atom. The van der Waals surface area contributed by atoms with Crippen molar-refractivity contribution in [2.75, 3.05) is 32.1 Å². The van der Waals surface area contributed by atoms with Crippen molar-refractivity contribution in [2.45, 2.75) is 51.7 Å². The SMILES string of the molecule is CC(C)(CCOc1ccc(N)cc1)OCCC(C)(C)OCCN=[N+]=[N-]. The Bertz CT molecular complexity index is 552. The lowest BCUT2D eigenvalue weighted by atomic mass is 10.0. The average molecular weight is 350 g/mol. The van der Waals surface area contributed by atoms with Crippen molar-refractivity contribution < 1.29 is 14.2 Å². The summed E-state index contributed by atoms with van der Waals surface area (Å²) in [4.78, 5) is 2.71. The van der Waals surface area contributed by atoms with Crippen molar-refractivity contribution in [3.05, 3.63) is 34.7 Å². The molecular weight excluding hydrogens is 320 g/mol. The fourth-order valence-corrected chi connectivity index (χ4v) is 2.10. The molecule has 0 saturated heterocycles. The first-order valence-corrected chi connectivity index (χ1v) is 8.51. The highest BCUT2D eigenvalue weighted by molar-refractivity contribution is 5.41.